The van der Waals surface area contributed by atoms with E-state index in [9.17, 15) is 9.59 Å². The van der Waals surface area contributed by atoms with Crippen molar-refractivity contribution >= 4 is 39.8 Å². The molecular weight excluding hydrogens is 483 g/mol. The number of likely N-dealkylation sites (N-methyl/N-ethyl adjacent to an activating group) is 1. The molecule has 1 aromatic heterocycles. The van der Waals surface area contributed by atoms with Gasteiger partial charge in [-0.2, -0.15) is 0 Å². The molecule has 5 rings (SSSR count). The third-order valence-corrected chi connectivity index (χ3v) is 7.02. The fourth-order valence-electron chi connectivity index (χ4n) is 4.61. The van der Waals surface area contributed by atoms with Gasteiger partial charge in [0.1, 0.15) is 0 Å². The lowest BCUT2D eigenvalue weighted by Gasteiger charge is -2.34. The number of rotatable bonds is 5. The third-order valence-electron chi connectivity index (χ3n) is 6.55. The van der Waals surface area contributed by atoms with Crippen LogP contribution in [-0.2, 0) is 13.1 Å². The lowest BCUT2D eigenvalue weighted by Crippen LogP contribution is -2.46. The van der Waals surface area contributed by atoms with E-state index in [4.69, 9.17) is 23.2 Å². The molecule has 180 valence electrons. The maximum absolute atomic E-state index is 13.9. The molecule has 0 bridgehead atoms. The van der Waals surface area contributed by atoms with Gasteiger partial charge in [-0.05, 0) is 42.4 Å². The van der Waals surface area contributed by atoms with Crippen LogP contribution < -0.4 is 16.1 Å². The maximum atomic E-state index is 13.9. The van der Waals surface area contributed by atoms with Crippen molar-refractivity contribution in [1.29, 1.82) is 0 Å². The van der Waals surface area contributed by atoms with Crippen LogP contribution in [-0.4, -0.2) is 47.3 Å². The Hall–Kier alpha value is -3.06. The first kappa shape index (κ1) is 23.7. The highest BCUT2D eigenvalue weighted by Crippen LogP contribution is 2.29. The summed E-state index contributed by atoms with van der Waals surface area (Å²) in [5.41, 5.74) is 2.45. The Kier molecular flexibility index (Phi) is 6.69. The van der Waals surface area contributed by atoms with E-state index in [0.717, 1.165) is 43.0 Å². The normalized spacial score (nSPS) is 14.5. The van der Waals surface area contributed by atoms with E-state index in [1.807, 2.05) is 48.5 Å². The molecule has 3 aromatic carbocycles. The van der Waals surface area contributed by atoms with Gasteiger partial charge in [-0.25, -0.2) is 4.79 Å². The van der Waals surface area contributed by atoms with Gasteiger partial charge in [0.05, 0.1) is 29.7 Å². The van der Waals surface area contributed by atoms with Crippen LogP contribution in [0.3, 0.4) is 0 Å². The molecule has 1 saturated heterocycles. The molecule has 35 heavy (non-hydrogen) atoms. The Morgan fingerprint density at radius 1 is 0.743 bits per heavy atom. The Bertz CT molecular complexity index is 1470. The van der Waals surface area contributed by atoms with Crippen LogP contribution >= 0.6 is 23.2 Å². The molecule has 0 N–H and O–H groups in total. The zero-order chi connectivity index (χ0) is 24.5. The number of hydrogen-bond acceptors (Lipinski definition) is 4. The first-order valence-electron chi connectivity index (χ1n) is 11.6. The van der Waals surface area contributed by atoms with E-state index in [2.05, 4.69) is 16.8 Å². The molecule has 8 heteroatoms. The quantitative estimate of drug-likeness (QED) is 0.402. The van der Waals surface area contributed by atoms with Gasteiger partial charge in [0.25, 0.3) is 5.56 Å². The molecule has 0 unspecified atom stereocenters. The molecule has 1 aliphatic heterocycles. The standard InChI is InChI=1S/C27H26Cl2N4O2/c1-30-11-13-31(14-12-30)23-15-22(29)16-24-25(23)26(34)33(18-20-7-9-21(28)10-8-20)27(35)32(24)17-19-5-3-2-4-6-19/h2-10,15-16H,11-14,17-18H2,1H3. The number of piperazine rings is 1. The molecule has 0 amide bonds. The monoisotopic (exact) mass is 508 g/mol. The first-order valence-corrected chi connectivity index (χ1v) is 12.3. The highest BCUT2D eigenvalue weighted by Gasteiger charge is 2.23. The second-order valence-electron chi connectivity index (χ2n) is 8.98. The van der Waals surface area contributed by atoms with Crippen molar-refractivity contribution in [3.8, 4) is 0 Å². The van der Waals surface area contributed by atoms with E-state index in [1.54, 1.807) is 22.8 Å². The van der Waals surface area contributed by atoms with Crippen molar-refractivity contribution in [3.05, 3.63) is 109 Å². The second kappa shape index (κ2) is 9.90. The minimum absolute atomic E-state index is 0.157. The Balaban J connectivity index is 1.75. The van der Waals surface area contributed by atoms with Gasteiger partial charge >= 0.3 is 5.69 Å². The largest absolute Gasteiger partial charge is 0.368 e. The number of aromatic nitrogens is 2. The van der Waals surface area contributed by atoms with Gasteiger partial charge < -0.3 is 9.80 Å². The van der Waals surface area contributed by atoms with Crippen molar-refractivity contribution in [2.45, 2.75) is 13.1 Å². The molecule has 1 fully saturated rings. The van der Waals surface area contributed by atoms with Gasteiger partial charge in [-0.15, -0.1) is 0 Å². The summed E-state index contributed by atoms with van der Waals surface area (Å²) in [7, 11) is 2.09. The van der Waals surface area contributed by atoms with E-state index in [1.165, 1.54) is 4.57 Å². The molecule has 0 atom stereocenters. The van der Waals surface area contributed by atoms with Crippen LogP contribution in [0.15, 0.2) is 76.3 Å². The van der Waals surface area contributed by atoms with Crippen LogP contribution in [0.4, 0.5) is 5.69 Å². The topological polar surface area (TPSA) is 50.5 Å². The summed E-state index contributed by atoms with van der Waals surface area (Å²) in [5.74, 6) is 0. The van der Waals surface area contributed by atoms with Gasteiger partial charge in [-0.1, -0.05) is 65.7 Å². The zero-order valence-corrected chi connectivity index (χ0v) is 21.0. The minimum atomic E-state index is -0.368. The fraction of sp³-hybridized carbons (Fsp3) is 0.259. The van der Waals surface area contributed by atoms with Crippen LogP contribution in [0.2, 0.25) is 10.0 Å². The molecule has 2 heterocycles. The predicted molar refractivity (Wildman–Crippen MR) is 143 cm³/mol. The molecule has 0 radical (unpaired) electrons. The van der Waals surface area contributed by atoms with Gasteiger partial charge in [-0.3, -0.25) is 13.9 Å². The highest BCUT2D eigenvalue weighted by atomic mass is 35.5. The molecular formula is C27H26Cl2N4O2. The number of benzene rings is 3. The lowest BCUT2D eigenvalue weighted by atomic mass is 10.1. The van der Waals surface area contributed by atoms with Crippen molar-refractivity contribution in [3.63, 3.8) is 0 Å². The SMILES string of the molecule is CN1CCN(c2cc(Cl)cc3c2c(=O)n(Cc2ccc(Cl)cc2)c(=O)n3Cc2ccccc2)CC1. The number of fused-ring (bicyclic) bond motifs is 1. The summed E-state index contributed by atoms with van der Waals surface area (Å²) >= 11 is 12.6. The van der Waals surface area contributed by atoms with E-state index in [0.29, 0.717) is 27.5 Å². The third kappa shape index (κ3) is 4.87. The fourth-order valence-corrected chi connectivity index (χ4v) is 4.94. The Labute approximate surface area is 213 Å². The van der Waals surface area contributed by atoms with Crippen molar-refractivity contribution < 1.29 is 0 Å². The summed E-state index contributed by atoms with van der Waals surface area (Å²) < 4.78 is 2.98. The van der Waals surface area contributed by atoms with E-state index in [-0.39, 0.29) is 17.8 Å². The lowest BCUT2D eigenvalue weighted by molar-refractivity contribution is 0.313. The van der Waals surface area contributed by atoms with E-state index >= 15 is 0 Å². The summed E-state index contributed by atoms with van der Waals surface area (Å²) in [6.07, 6.45) is 0. The molecule has 0 aliphatic carbocycles. The number of hydrogen-bond donors (Lipinski definition) is 0. The van der Waals surface area contributed by atoms with Crippen LogP contribution in [0, 0.1) is 0 Å². The number of nitrogens with zero attached hydrogens (tertiary/aromatic N) is 4. The highest BCUT2D eigenvalue weighted by molar-refractivity contribution is 6.32. The van der Waals surface area contributed by atoms with Crippen LogP contribution in [0.5, 0.6) is 0 Å². The molecule has 0 saturated carbocycles. The Morgan fingerprint density at radius 2 is 1.37 bits per heavy atom. The van der Waals surface area contributed by atoms with Crippen molar-refractivity contribution in [2.24, 2.45) is 0 Å². The van der Waals surface area contributed by atoms with E-state index < -0.39 is 0 Å². The smallest absolute Gasteiger partial charge is 0.332 e. The first-order chi connectivity index (χ1) is 16.9. The molecule has 0 spiro atoms. The summed E-state index contributed by atoms with van der Waals surface area (Å²) in [6.45, 7) is 3.82. The maximum Gasteiger partial charge on any atom is 0.332 e. The summed E-state index contributed by atoms with van der Waals surface area (Å²) in [6, 6.07) is 20.5. The number of halogens is 2. The van der Waals surface area contributed by atoms with Crippen molar-refractivity contribution in [1.82, 2.24) is 14.0 Å². The Morgan fingerprint density at radius 3 is 2.06 bits per heavy atom. The average molecular weight is 509 g/mol. The van der Waals surface area contributed by atoms with Gasteiger partial charge in [0.15, 0.2) is 0 Å². The van der Waals surface area contributed by atoms with Crippen LogP contribution in [0.25, 0.3) is 10.9 Å². The van der Waals surface area contributed by atoms with Gasteiger partial charge in [0, 0.05) is 36.2 Å². The zero-order valence-electron chi connectivity index (χ0n) is 19.5. The average Bonchev–Trinajstić information content (AvgIpc) is 2.86. The number of anilines is 1. The van der Waals surface area contributed by atoms with Crippen molar-refractivity contribution in [2.75, 3.05) is 38.1 Å². The van der Waals surface area contributed by atoms with Gasteiger partial charge in [0.2, 0.25) is 0 Å². The molecule has 6 nitrogen and oxygen atoms in total. The predicted octanol–water partition coefficient (Wildman–Crippen LogP) is 4.32. The molecule has 1 aliphatic rings. The summed E-state index contributed by atoms with van der Waals surface area (Å²) in [4.78, 5) is 32.1. The molecule has 4 aromatic rings. The summed E-state index contributed by atoms with van der Waals surface area (Å²) in [5, 5.41) is 1.62. The second-order valence-corrected chi connectivity index (χ2v) is 9.85. The van der Waals surface area contributed by atoms with Crippen LogP contribution in [0.1, 0.15) is 11.1 Å². The minimum Gasteiger partial charge on any atom is -0.368 e.